The highest BCUT2D eigenvalue weighted by atomic mass is 16.5. The summed E-state index contributed by atoms with van der Waals surface area (Å²) in [5, 5.41) is 7.02. The molecule has 9 heteroatoms. The normalized spacial score (nSPS) is 12.1. The number of nitrogens with zero attached hydrogens (tertiary/aromatic N) is 5. The highest BCUT2D eigenvalue weighted by molar-refractivity contribution is 5.81. The average molecular weight is 448 g/mol. The maximum atomic E-state index is 11.0. The Kier molecular flexibility index (Phi) is 6.69. The van der Waals surface area contributed by atoms with E-state index in [2.05, 4.69) is 27.3 Å². The molecule has 0 fully saturated rings. The van der Waals surface area contributed by atoms with Crippen molar-refractivity contribution in [3.05, 3.63) is 53.9 Å². The second-order valence-electron chi connectivity index (χ2n) is 8.21. The van der Waals surface area contributed by atoms with Crippen LogP contribution in [0.1, 0.15) is 24.1 Å². The third-order valence-electron chi connectivity index (χ3n) is 5.48. The van der Waals surface area contributed by atoms with Gasteiger partial charge >= 0.3 is 0 Å². The van der Waals surface area contributed by atoms with Crippen molar-refractivity contribution in [2.75, 3.05) is 11.9 Å². The predicted molar refractivity (Wildman–Crippen MR) is 128 cm³/mol. The molecule has 33 heavy (non-hydrogen) atoms. The van der Waals surface area contributed by atoms with E-state index in [1.807, 2.05) is 54.9 Å². The van der Waals surface area contributed by atoms with Crippen LogP contribution in [0.25, 0.3) is 22.3 Å². The molecule has 9 nitrogen and oxygen atoms in total. The Hall–Kier alpha value is -3.72. The van der Waals surface area contributed by atoms with Gasteiger partial charge in [0.2, 0.25) is 18.2 Å². The van der Waals surface area contributed by atoms with E-state index in [1.54, 1.807) is 10.9 Å². The van der Waals surface area contributed by atoms with Gasteiger partial charge in [-0.15, -0.1) is 0 Å². The van der Waals surface area contributed by atoms with Crippen LogP contribution in [0.15, 0.2) is 42.6 Å². The second kappa shape index (κ2) is 9.83. The van der Waals surface area contributed by atoms with Crippen molar-refractivity contribution in [2.24, 2.45) is 12.8 Å². The summed E-state index contributed by atoms with van der Waals surface area (Å²) in [7, 11) is 1.86. The summed E-state index contributed by atoms with van der Waals surface area (Å²) in [4.78, 5) is 20.1. The lowest BCUT2D eigenvalue weighted by Gasteiger charge is -2.15. The van der Waals surface area contributed by atoms with E-state index >= 15 is 0 Å². The molecule has 0 bridgehead atoms. The zero-order chi connectivity index (χ0) is 23.4. The number of fused-ring (bicyclic) bond motifs is 1. The van der Waals surface area contributed by atoms with E-state index < -0.39 is 0 Å². The third-order valence-corrected chi connectivity index (χ3v) is 5.48. The van der Waals surface area contributed by atoms with Crippen molar-refractivity contribution in [1.29, 1.82) is 0 Å². The van der Waals surface area contributed by atoms with Crippen LogP contribution < -0.4 is 15.8 Å². The number of aryl methyl sites for hydroxylation is 3. The first-order valence-electron chi connectivity index (χ1n) is 11.0. The number of pyridine rings is 1. The highest BCUT2D eigenvalue weighted by Gasteiger charge is 2.16. The molecule has 4 aromatic rings. The first-order valence-corrected chi connectivity index (χ1v) is 11.0. The van der Waals surface area contributed by atoms with Crippen molar-refractivity contribution in [3.8, 4) is 17.1 Å². The van der Waals surface area contributed by atoms with E-state index in [4.69, 9.17) is 10.5 Å². The summed E-state index contributed by atoms with van der Waals surface area (Å²) < 4.78 is 9.76. The van der Waals surface area contributed by atoms with E-state index in [9.17, 15) is 4.79 Å². The molecule has 0 aliphatic carbocycles. The Labute approximate surface area is 192 Å². The van der Waals surface area contributed by atoms with Gasteiger partial charge in [-0.3, -0.25) is 15.1 Å². The SMILES string of the molecule is Cc1cc(C)nc(-c2cnn(C)c2OCCCC(N)Cn2c(NC=O)nc3ccccc32)c1. The van der Waals surface area contributed by atoms with Gasteiger partial charge in [0.1, 0.15) is 0 Å². The van der Waals surface area contributed by atoms with Crippen molar-refractivity contribution in [3.63, 3.8) is 0 Å². The number of aromatic nitrogens is 5. The quantitative estimate of drug-likeness (QED) is 0.285. The maximum Gasteiger partial charge on any atom is 0.221 e. The summed E-state index contributed by atoms with van der Waals surface area (Å²) in [6.07, 6.45) is 3.94. The van der Waals surface area contributed by atoms with Gasteiger partial charge in [0.05, 0.1) is 35.1 Å². The number of nitrogens with two attached hydrogens (primary N) is 1. The maximum absolute atomic E-state index is 11.0. The first-order chi connectivity index (χ1) is 16.0. The fourth-order valence-electron chi connectivity index (χ4n) is 4.02. The standard InChI is InChI=1S/C24H29N7O2/c1-16-11-17(2)28-21(12-16)19-13-27-30(3)23(19)33-10-6-7-18(25)14-31-22-9-5-4-8-20(22)29-24(31)26-15-32/h4-5,8-9,11-13,15,18H,6-7,10,14,25H2,1-3H3,(H,26,29,32). The summed E-state index contributed by atoms with van der Waals surface area (Å²) in [5.74, 6) is 1.19. The molecule has 3 N–H and O–H groups in total. The van der Waals surface area contributed by atoms with Gasteiger partial charge < -0.3 is 15.0 Å². The number of ether oxygens (including phenoxy) is 1. The van der Waals surface area contributed by atoms with Gasteiger partial charge in [-0.2, -0.15) is 5.10 Å². The minimum Gasteiger partial charge on any atom is -0.477 e. The molecule has 0 saturated heterocycles. The van der Waals surface area contributed by atoms with Crippen LogP contribution in [0.4, 0.5) is 5.95 Å². The Balaban J connectivity index is 1.38. The number of rotatable bonds is 10. The van der Waals surface area contributed by atoms with E-state index in [0.29, 0.717) is 31.4 Å². The molecule has 1 unspecified atom stereocenters. The smallest absolute Gasteiger partial charge is 0.221 e. The topological polar surface area (TPSA) is 113 Å². The molecule has 0 radical (unpaired) electrons. The summed E-state index contributed by atoms with van der Waals surface area (Å²) >= 11 is 0. The molecule has 0 aliphatic heterocycles. The molecule has 4 rings (SSSR count). The summed E-state index contributed by atoms with van der Waals surface area (Å²) in [6.45, 7) is 5.08. The number of benzene rings is 1. The zero-order valence-corrected chi connectivity index (χ0v) is 19.2. The zero-order valence-electron chi connectivity index (χ0n) is 19.2. The van der Waals surface area contributed by atoms with Gasteiger partial charge in [0, 0.05) is 25.3 Å². The Morgan fingerprint density at radius 3 is 2.82 bits per heavy atom. The first kappa shape index (κ1) is 22.5. The van der Waals surface area contributed by atoms with Crippen molar-refractivity contribution in [2.45, 2.75) is 39.3 Å². The van der Waals surface area contributed by atoms with Crippen LogP contribution >= 0.6 is 0 Å². The van der Waals surface area contributed by atoms with Crippen LogP contribution in [0, 0.1) is 13.8 Å². The van der Waals surface area contributed by atoms with Gasteiger partial charge in [0.15, 0.2) is 0 Å². The van der Waals surface area contributed by atoms with Crippen molar-refractivity contribution in [1.82, 2.24) is 24.3 Å². The number of hydrogen-bond acceptors (Lipinski definition) is 6. The lowest BCUT2D eigenvalue weighted by atomic mass is 10.1. The molecule has 1 amide bonds. The Morgan fingerprint density at radius 1 is 1.21 bits per heavy atom. The molecular formula is C24H29N7O2. The number of carbonyl (C=O) groups excluding carboxylic acids is 1. The molecule has 3 aromatic heterocycles. The van der Waals surface area contributed by atoms with Crippen LogP contribution in [0.5, 0.6) is 5.88 Å². The molecule has 0 saturated carbocycles. The van der Waals surface area contributed by atoms with Crippen molar-refractivity contribution < 1.29 is 9.53 Å². The molecule has 0 spiro atoms. The molecule has 1 aromatic carbocycles. The van der Waals surface area contributed by atoms with Gasteiger partial charge in [0.25, 0.3) is 0 Å². The van der Waals surface area contributed by atoms with E-state index in [1.165, 1.54) is 0 Å². The Morgan fingerprint density at radius 2 is 2.03 bits per heavy atom. The summed E-state index contributed by atoms with van der Waals surface area (Å²) in [5.41, 5.74) is 12.0. The largest absolute Gasteiger partial charge is 0.477 e. The van der Waals surface area contributed by atoms with Crippen LogP contribution in [-0.2, 0) is 18.4 Å². The number of carbonyl (C=O) groups is 1. The number of nitrogens with one attached hydrogen (secondary N) is 1. The number of para-hydroxylation sites is 2. The lowest BCUT2D eigenvalue weighted by molar-refractivity contribution is -0.105. The Bertz CT molecular complexity index is 1240. The highest BCUT2D eigenvalue weighted by Crippen LogP contribution is 2.29. The second-order valence-corrected chi connectivity index (χ2v) is 8.21. The summed E-state index contributed by atoms with van der Waals surface area (Å²) in [6, 6.07) is 11.7. The average Bonchev–Trinajstić information content (AvgIpc) is 3.31. The molecule has 172 valence electrons. The molecule has 0 aliphatic rings. The van der Waals surface area contributed by atoms with Gasteiger partial charge in [-0.1, -0.05) is 12.1 Å². The number of imidazole rings is 1. The van der Waals surface area contributed by atoms with Crippen molar-refractivity contribution >= 4 is 23.4 Å². The number of amides is 1. The van der Waals surface area contributed by atoms with Gasteiger partial charge in [-0.05, 0) is 56.5 Å². The van der Waals surface area contributed by atoms with E-state index in [0.717, 1.165) is 46.4 Å². The predicted octanol–water partition coefficient (Wildman–Crippen LogP) is 3.20. The minimum absolute atomic E-state index is 0.120. The van der Waals surface area contributed by atoms with Crippen LogP contribution in [-0.4, -0.2) is 43.4 Å². The molecule has 3 heterocycles. The fourth-order valence-corrected chi connectivity index (χ4v) is 4.02. The third kappa shape index (κ3) is 5.04. The number of anilines is 1. The molecular weight excluding hydrogens is 418 g/mol. The van der Waals surface area contributed by atoms with Crippen LogP contribution in [0.2, 0.25) is 0 Å². The van der Waals surface area contributed by atoms with Gasteiger partial charge in [-0.25, -0.2) is 9.67 Å². The monoisotopic (exact) mass is 447 g/mol. The minimum atomic E-state index is -0.120. The number of hydrogen-bond donors (Lipinski definition) is 2. The fraction of sp³-hybridized carbons (Fsp3) is 0.333. The molecule has 1 atom stereocenters. The van der Waals surface area contributed by atoms with E-state index in [-0.39, 0.29) is 6.04 Å². The van der Waals surface area contributed by atoms with Crippen LogP contribution in [0.3, 0.4) is 0 Å². The lowest BCUT2D eigenvalue weighted by Crippen LogP contribution is -2.27.